The lowest BCUT2D eigenvalue weighted by atomic mass is 10.1. The minimum Gasteiger partial charge on any atom is -0.485 e. The molecule has 0 atom stereocenters. The minimum atomic E-state index is -3.25. The summed E-state index contributed by atoms with van der Waals surface area (Å²) >= 11 is 0. The first-order chi connectivity index (χ1) is 12.8. The van der Waals surface area contributed by atoms with Gasteiger partial charge in [0, 0.05) is 28.9 Å². The molecule has 6 heteroatoms. The first-order valence-corrected chi connectivity index (χ1v) is 10.4. The third-order valence-electron chi connectivity index (χ3n) is 4.37. The van der Waals surface area contributed by atoms with Crippen molar-refractivity contribution in [2.24, 2.45) is 0 Å². The van der Waals surface area contributed by atoms with Gasteiger partial charge in [0.15, 0.2) is 16.4 Å². The van der Waals surface area contributed by atoms with Crippen molar-refractivity contribution in [3.63, 3.8) is 0 Å². The molecule has 5 nitrogen and oxygen atoms in total. The molecule has 3 aromatic rings. The minimum absolute atomic E-state index is 0.114. The van der Waals surface area contributed by atoms with Gasteiger partial charge >= 0.3 is 0 Å². The number of para-hydroxylation sites is 1. The van der Waals surface area contributed by atoms with Crippen LogP contribution in [0.4, 0.5) is 0 Å². The number of carbonyl (C=O) groups is 1. The first kappa shape index (κ1) is 18.9. The van der Waals surface area contributed by atoms with E-state index in [4.69, 9.17) is 4.74 Å². The van der Waals surface area contributed by atoms with Crippen molar-refractivity contribution in [2.75, 3.05) is 12.9 Å². The molecule has 0 saturated carbocycles. The van der Waals surface area contributed by atoms with Crippen LogP contribution in [0.25, 0.3) is 5.69 Å². The van der Waals surface area contributed by atoms with Gasteiger partial charge in [0.2, 0.25) is 5.78 Å². The van der Waals surface area contributed by atoms with E-state index in [2.05, 4.69) is 0 Å². The Bertz CT molecular complexity index is 1070. The Morgan fingerprint density at radius 1 is 1.00 bits per heavy atom. The highest BCUT2D eigenvalue weighted by molar-refractivity contribution is 7.90. The number of hydrogen-bond donors (Lipinski definition) is 0. The Hall–Kier alpha value is -2.86. The lowest BCUT2D eigenvalue weighted by Gasteiger charge is -2.10. The Labute approximate surface area is 159 Å². The summed E-state index contributed by atoms with van der Waals surface area (Å²) in [6.45, 7) is 3.76. The molecule has 0 aliphatic carbocycles. The van der Waals surface area contributed by atoms with Gasteiger partial charge < -0.3 is 9.30 Å². The molecule has 140 valence electrons. The van der Waals surface area contributed by atoms with Crippen LogP contribution in [0, 0.1) is 13.8 Å². The molecule has 0 amide bonds. The molecule has 1 heterocycles. The van der Waals surface area contributed by atoms with Crippen molar-refractivity contribution in [3.8, 4) is 11.4 Å². The largest absolute Gasteiger partial charge is 0.485 e. The lowest BCUT2D eigenvalue weighted by Crippen LogP contribution is -2.12. The van der Waals surface area contributed by atoms with Crippen LogP contribution in [0.5, 0.6) is 5.75 Å². The summed E-state index contributed by atoms with van der Waals surface area (Å²) in [5, 5.41) is 0. The van der Waals surface area contributed by atoms with Gasteiger partial charge in [0.1, 0.15) is 5.75 Å². The zero-order valence-corrected chi connectivity index (χ0v) is 16.3. The van der Waals surface area contributed by atoms with E-state index in [0.29, 0.717) is 11.3 Å². The van der Waals surface area contributed by atoms with E-state index < -0.39 is 9.84 Å². The predicted octanol–water partition coefficient (Wildman–Crippen LogP) is 3.76. The molecule has 2 aromatic carbocycles. The fourth-order valence-corrected chi connectivity index (χ4v) is 3.66. The number of sulfone groups is 1. The van der Waals surface area contributed by atoms with Crippen LogP contribution >= 0.6 is 0 Å². The van der Waals surface area contributed by atoms with E-state index in [-0.39, 0.29) is 17.3 Å². The van der Waals surface area contributed by atoms with Crippen LogP contribution in [0.1, 0.15) is 21.7 Å². The second-order valence-electron chi connectivity index (χ2n) is 6.41. The van der Waals surface area contributed by atoms with E-state index in [1.54, 1.807) is 12.1 Å². The summed E-state index contributed by atoms with van der Waals surface area (Å²) in [7, 11) is -3.25. The molecule has 0 aliphatic heterocycles. The Kier molecular flexibility index (Phi) is 5.19. The maximum Gasteiger partial charge on any atom is 0.202 e. The Morgan fingerprint density at radius 2 is 1.63 bits per heavy atom. The van der Waals surface area contributed by atoms with E-state index in [1.165, 1.54) is 12.1 Å². The summed E-state index contributed by atoms with van der Waals surface area (Å²) in [5.41, 5.74) is 3.45. The average molecular weight is 383 g/mol. The highest BCUT2D eigenvalue weighted by atomic mass is 32.2. The van der Waals surface area contributed by atoms with Crippen molar-refractivity contribution in [2.45, 2.75) is 18.7 Å². The van der Waals surface area contributed by atoms with Crippen LogP contribution in [-0.2, 0) is 9.84 Å². The highest BCUT2D eigenvalue weighted by Gasteiger charge is 2.17. The molecule has 1 aromatic heterocycles. The summed E-state index contributed by atoms with van der Waals surface area (Å²) in [6, 6.07) is 17.8. The second kappa shape index (κ2) is 7.40. The van der Waals surface area contributed by atoms with E-state index in [0.717, 1.165) is 23.3 Å². The summed E-state index contributed by atoms with van der Waals surface area (Å²) in [6.07, 6.45) is 1.15. The highest BCUT2D eigenvalue weighted by Crippen LogP contribution is 2.22. The Balaban J connectivity index is 1.76. The fraction of sp³-hybridized carbons (Fsp3) is 0.190. The standard InChI is InChI=1S/C21H21NO4S/c1-15-13-20(16(2)22(15)17-7-5-4-6-8-17)21(23)14-26-18-9-11-19(12-10-18)27(3,24)25/h4-13H,14H2,1-3H3. The van der Waals surface area contributed by atoms with Crippen molar-refractivity contribution >= 4 is 15.6 Å². The molecule has 0 spiro atoms. The quantitative estimate of drug-likeness (QED) is 0.608. The second-order valence-corrected chi connectivity index (χ2v) is 8.43. The van der Waals surface area contributed by atoms with Gasteiger partial charge in [-0.3, -0.25) is 4.79 Å². The molecule has 27 heavy (non-hydrogen) atoms. The van der Waals surface area contributed by atoms with Gasteiger partial charge in [-0.15, -0.1) is 0 Å². The Morgan fingerprint density at radius 3 is 2.22 bits per heavy atom. The van der Waals surface area contributed by atoms with Crippen LogP contribution in [0.3, 0.4) is 0 Å². The number of hydrogen-bond acceptors (Lipinski definition) is 4. The monoisotopic (exact) mass is 383 g/mol. The van der Waals surface area contributed by atoms with E-state index in [1.807, 2.05) is 54.8 Å². The van der Waals surface area contributed by atoms with Crippen LogP contribution in [-0.4, -0.2) is 31.6 Å². The average Bonchev–Trinajstić information content (AvgIpc) is 2.94. The molecule has 0 bridgehead atoms. The third-order valence-corrected chi connectivity index (χ3v) is 5.50. The third kappa shape index (κ3) is 4.11. The SMILES string of the molecule is Cc1cc(C(=O)COc2ccc(S(C)(=O)=O)cc2)c(C)n1-c1ccccc1. The maximum absolute atomic E-state index is 12.6. The smallest absolute Gasteiger partial charge is 0.202 e. The lowest BCUT2D eigenvalue weighted by molar-refractivity contribution is 0.0921. The number of carbonyl (C=O) groups excluding carboxylic acids is 1. The number of ether oxygens (including phenoxy) is 1. The van der Waals surface area contributed by atoms with E-state index >= 15 is 0 Å². The summed E-state index contributed by atoms with van der Waals surface area (Å²) < 4.78 is 30.6. The molecule has 0 unspecified atom stereocenters. The zero-order chi connectivity index (χ0) is 19.6. The van der Waals surface area contributed by atoms with Crippen molar-refractivity contribution in [1.29, 1.82) is 0 Å². The molecule has 0 N–H and O–H groups in total. The maximum atomic E-state index is 12.6. The molecular weight excluding hydrogens is 362 g/mol. The van der Waals surface area contributed by atoms with E-state index in [9.17, 15) is 13.2 Å². The van der Waals surface area contributed by atoms with Gasteiger partial charge in [0.05, 0.1) is 4.90 Å². The first-order valence-electron chi connectivity index (χ1n) is 8.48. The number of rotatable bonds is 6. The number of nitrogens with zero attached hydrogens (tertiary/aromatic N) is 1. The van der Waals surface area contributed by atoms with Crippen molar-refractivity contribution < 1.29 is 17.9 Å². The van der Waals surface area contributed by atoms with Gasteiger partial charge in [0.25, 0.3) is 0 Å². The van der Waals surface area contributed by atoms with Crippen molar-refractivity contribution in [1.82, 2.24) is 4.57 Å². The van der Waals surface area contributed by atoms with Gasteiger partial charge in [-0.1, -0.05) is 18.2 Å². The van der Waals surface area contributed by atoms with Crippen LogP contribution in [0.2, 0.25) is 0 Å². The van der Waals surface area contributed by atoms with Crippen LogP contribution < -0.4 is 4.74 Å². The van der Waals surface area contributed by atoms with Crippen molar-refractivity contribution in [3.05, 3.63) is 77.6 Å². The zero-order valence-electron chi connectivity index (χ0n) is 15.5. The molecule has 0 fully saturated rings. The molecular formula is C21H21NO4S. The number of benzene rings is 2. The number of aryl methyl sites for hydroxylation is 1. The van der Waals surface area contributed by atoms with Gasteiger partial charge in [-0.05, 0) is 56.3 Å². The normalized spacial score (nSPS) is 11.4. The molecule has 0 radical (unpaired) electrons. The molecule has 0 saturated heterocycles. The van der Waals surface area contributed by atoms with Crippen LogP contribution in [0.15, 0.2) is 65.6 Å². The van der Waals surface area contributed by atoms with Gasteiger partial charge in [-0.25, -0.2) is 8.42 Å². The number of ketones is 1. The van der Waals surface area contributed by atoms with Gasteiger partial charge in [-0.2, -0.15) is 0 Å². The topological polar surface area (TPSA) is 65.4 Å². The number of aromatic nitrogens is 1. The summed E-state index contributed by atoms with van der Waals surface area (Å²) in [4.78, 5) is 12.8. The molecule has 0 aliphatic rings. The fourth-order valence-electron chi connectivity index (χ4n) is 3.03. The predicted molar refractivity (Wildman–Crippen MR) is 105 cm³/mol. The summed E-state index contributed by atoms with van der Waals surface area (Å²) in [5.74, 6) is 0.324. The molecule has 3 rings (SSSR count). The number of Topliss-reactive ketones (excluding diaryl/α,β-unsaturated/α-hetero) is 1.